The molecule has 3 heteroatoms. The molecule has 0 radical (unpaired) electrons. The van der Waals surface area contributed by atoms with Crippen molar-refractivity contribution in [3.05, 3.63) is 33.5 Å². The van der Waals surface area contributed by atoms with Crippen LogP contribution in [0.5, 0.6) is 0 Å². The Morgan fingerprint density at radius 2 is 2.00 bits per heavy atom. The minimum atomic E-state index is -0.364. The summed E-state index contributed by atoms with van der Waals surface area (Å²) in [7, 11) is 0. The third-order valence-corrected chi connectivity index (χ3v) is 1.59. The molecule has 0 aliphatic rings. The van der Waals surface area contributed by atoms with E-state index in [0.29, 0.717) is 11.1 Å². The zero-order chi connectivity index (χ0) is 7.72. The molecule has 0 unspecified atom stereocenters. The molecule has 0 atom stereocenters. The van der Waals surface area contributed by atoms with Gasteiger partial charge in [0.2, 0.25) is 0 Å². The Kier molecular flexibility index (Phi) is 1.57. The summed E-state index contributed by atoms with van der Waals surface area (Å²) in [6, 6.07) is 0. The molecule has 10 heavy (non-hydrogen) atoms. The topological polar surface area (TPSA) is 32.9 Å². The fraction of sp³-hybridized carbons (Fsp3) is 0.286. The SMILES string of the molecule is Cc1c(F)c[nH]c(=O)c1C. The maximum absolute atomic E-state index is 12.6. The Morgan fingerprint density at radius 1 is 1.40 bits per heavy atom. The molecule has 1 rings (SSSR count). The molecule has 1 N–H and O–H groups in total. The monoisotopic (exact) mass is 141 g/mol. The minimum absolute atomic E-state index is 0.223. The molecule has 0 aliphatic carbocycles. The highest BCUT2D eigenvalue weighted by atomic mass is 19.1. The standard InChI is InChI=1S/C7H8FNO/c1-4-5(2)7(10)9-3-6(4)8/h3H,1-2H3,(H,9,10). The zero-order valence-electron chi connectivity index (χ0n) is 5.86. The second-order valence-corrected chi connectivity index (χ2v) is 2.22. The van der Waals surface area contributed by atoms with Crippen LogP contribution in [0.2, 0.25) is 0 Å². The van der Waals surface area contributed by atoms with Crippen molar-refractivity contribution in [3.8, 4) is 0 Å². The highest BCUT2D eigenvalue weighted by molar-refractivity contribution is 5.21. The van der Waals surface area contributed by atoms with Crippen LogP contribution in [-0.2, 0) is 0 Å². The number of aromatic nitrogens is 1. The number of hydrogen-bond acceptors (Lipinski definition) is 1. The first kappa shape index (κ1) is 6.99. The van der Waals surface area contributed by atoms with Gasteiger partial charge in [-0.05, 0) is 19.4 Å². The van der Waals surface area contributed by atoms with Gasteiger partial charge in [0.1, 0.15) is 5.82 Å². The third kappa shape index (κ3) is 0.943. The van der Waals surface area contributed by atoms with Crippen molar-refractivity contribution >= 4 is 0 Å². The first-order valence-electron chi connectivity index (χ1n) is 2.97. The number of nitrogens with one attached hydrogen (secondary N) is 1. The Morgan fingerprint density at radius 3 is 2.50 bits per heavy atom. The highest BCUT2D eigenvalue weighted by Gasteiger charge is 2.01. The average molecular weight is 141 g/mol. The number of aromatic amines is 1. The summed E-state index contributed by atoms with van der Waals surface area (Å²) in [5.41, 5.74) is 0.641. The van der Waals surface area contributed by atoms with Crippen LogP contribution in [0.3, 0.4) is 0 Å². The summed E-state index contributed by atoms with van der Waals surface area (Å²) in [5.74, 6) is -0.364. The Hall–Kier alpha value is -1.12. The molecule has 0 aromatic carbocycles. The summed E-state index contributed by atoms with van der Waals surface area (Å²) < 4.78 is 12.6. The van der Waals surface area contributed by atoms with Gasteiger partial charge in [-0.2, -0.15) is 0 Å². The summed E-state index contributed by atoms with van der Waals surface area (Å²) in [5, 5.41) is 0. The molecule has 0 saturated heterocycles. The quantitative estimate of drug-likeness (QED) is 0.577. The maximum atomic E-state index is 12.6. The van der Waals surface area contributed by atoms with Crippen molar-refractivity contribution in [2.45, 2.75) is 13.8 Å². The van der Waals surface area contributed by atoms with Crippen molar-refractivity contribution in [3.63, 3.8) is 0 Å². The lowest BCUT2D eigenvalue weighted by Crippen LogP contribution is -2.11. The molecule has 0 spiro atoms. The molecule has 0 fully saturated rings. The third-order valence-electron chi connectivity index (χ3n) is 1.59. The summed E-state index contributed by atoms with van der Waals surface area (Å²) in [6.07, 6.45) is 1.07. The van der Waals surface area contributed by atoms with E-state index in [1.54, 1.807) is 13.8 Å². The van der Waals surface area contributed by atoms with Gasteiger partial charge >= 0.3 is 0 Å². The smallest absolute Gasteiger partial charge is 0.251 e. The molecule has 54 valence electrons. The fourth-order valence-electron chi connectivity index (χ4n) is 0.695. The van der Waals surface area contributed by atoms with E-state index in [-0.39, 0.29) is 11.4 Å². The van der Waals surface area contributed by atoms with Crippen LogP contribution in [0.25, 0.3) is 0 Å². The van der Waals surface area contributed by atoms with Crippen LogP contribution in [0.1, 0.15) is 11.1 Å². The van der Waals surface area contributed by atoms with E-state index < -0.39 is 0 Å². The van der Waals surface area contributed by atoms with E-state index in [1.165, 1.54) is 0 Å². The fourth-order valence-corrected chi connectivity index (χ4v) is 0.695. The zero-order valence-corrected chi connectivity index (χ0v) is 5.86. The second kappa shape index (κ2) is 2.25. The van der Waals surface area contributed by atoms with Crippen molar-refractivity contribution in [1.29, 1.82) is 0 Å². The van der Waals surface area contributed by atoms with E-state index in [2.05, 4.69) is 4.98 Å². The van der Waals surface area contributed by atoms with E-state index in [9.17, 15) is 9.18 Å². The van der Waals surface area contributed by atoms with Crippen LogP contribution in [0.15, 0.2) is 11.0 Å². The first-order valence-corrected chi connectivity index (χ1v) is 2.97. The Bertz CT molecular complexity index is 303. The molecular formula is C7H8FNO. The number of halogens is 1. The van der Waals surface area contributed by atoms with Crippen LogP contribution in [0, 0.1) is 19.7 Å². The lowest BCUT2D eigenvalue weighted by Gasteiger charge is -1.97. The molecule has 0 aliphatic heterocycles. The van der Waals surface area contributed by atoms with E-state index >= 15 is 0 Å². The van der Waals surface area contributed by atoms with Crippen LogP contribution >= 0.6 is 0 Å². The van der Waals surface area contributed by atoms with E-state index in [4.69, 9.17) is 0 Å². The molecule has 1 aromatic rings. The summed E-state index contributed by atoms with van der Waals surface area (Å²) >= 11 is 0. The summed E-state index contributed by atoms with van der Waals surface area (Å²) in [4.78, 5) is 13.0. The van der Waals surface area contributed by atoms with Gasteiger partial charge in [0, 0.05) is 11.8 Å². The van der Waals surface area contributed by atoms with Gasteiger partial charge in [-0.3, -0.25) is 4.79 Å². The Balaban J connectivity index is 3.49. The molecule has 2 nitrogen and oxygen atoms in total. The Labute approximate surface area is 57.7 Å². The van der Waals surface area contributed by atoms with Crippen molar-refractivity contribution in [1.82, 2.24) is 4.98 Å². The van der Waals surface area contributed by atoms with Crippen molar-refractivity contribution in [2.24, 2.45) is 0 Å². The van der Waals surface area contributed by atoms with Crippen LogP contribution in [0.4, 0.5) is 4.39 Å². The molecule has 1 heterocycles. The van der Waals surface area contributed by atoms with Gasteiger partial charge < -0.3 is 4.98 Å². The van der Waals surface area contributed by atoms with Gasteiger partial charge in [0.05, 0.1) is 0 Å². The lowest BCUT2D eigenvalue weighted by molar-refractivity contribution is 0.608. The van der Waals surface area contributed by atoms with E-state index in [1.807, 2.05) is 0 Å². The van der Waals surface area contributed by atoms with Gasteiger partial charge in [0.25, 0.3) is 5.56 Å². The number of hydrogen-bond donors (Lipinski definition) is 1. The molecule has 1 aromatic heterocycles. The van der Waals surface area contributed by atoms with Gasteiger partial charge in [-0.1, -0.05) is 0 Å². The van der Waals surface area contributed by atoms with Gasteiger partial charge in [-0.15, -0.1) is 0 Å². The second-order valence-electron chi connectivity index (χ2n) is 2.22. The predicted octanol–water partition coefficient (Wildman–Crippen LogP) is 1.13. The molecule has 0 saturated carbocycles. The highest BCUT2D eigenvalue weighted by Crippen LogP contribution is 2.03. The average Bonchev–Trinajstić information content (AvgIpc) is 1.93. The molecule has 0 bridgehead atoms. The largest absolute Gasteiger partial charge is 0.326 e. The number of H-pyrrole nitrogens is 1. The van der Waals surface area contributed by atoms with E-state index in [0.717, 1.165) is 6.20 Å². The van der Waals surface area contributed by atoms with Gasteiger partial charge in [0.15, 0.2) is 0 Å². The van der Waals surface area contributed by atoms with Crippen LogP contribution in [-0.4, -0.2) is 4.98 Å². The number of rotatable bonds is 0. The van der Waals surface area contributed by atoms with Crippen molar-refractivity contribution < 1.29 is 4.39 Å². The first-order chi connectivity index (χ1) is 4.63. The van der Waals surface area contributed by atoms with Gasteiger partial charge in [-0.25, -0.2) is 4.39 Å². The molecule has 0 amide bonds. The summed E-state index contributed by atoms with van der Waals surface area (Å²) in [6.45, 7) is 3.18. The minimum Gasteiger partial charge on any atom is -0.326 e. The lowest BCUT2D eigenvalue weighted by atomic mass is 10.2. The normalized spacial score (nSPS) is 9.90. The predicted molar refractivity (Wildman–Crippen MR) is 36.5 cm³/mol. The molecular weight excluding hydrogens is 133 g/mol. The van der Waals surface area contributed by atoms with Crippen LogP contribution < -0.4 is 5.56 Å². The maximum Gasteiger partial charge on any atom is 0.251 e. The number of pyridine rings is 1. The van der Waals surface area contributed by atoms with Crippen molar-refractivity contribution in [2.75, 3.05) is 0 Å².